The lowest BCUT2D eigenvalue weighted by molar-refractivity contribution is -0.0216. The molecule has 1 heterocycles. The molecule has 1 saturated heterocycles. The Morgan fingerprint density at radius 1 is 1.21 bits per heavy atom. The fourth-order valence-corrected chi connectivity index (χ4v) is 2.22. The average molecular weight is 199 g/mol. The van der Waals surface area contributed by atoms with Gasteiger partial charge in [0.2, 0.25) is 0 Å². The Balaban J connectivity index is 2.47. The zero-order valence-electron chi connectivity index (χ0n) is 10.0. The lowest BCUT2D eigenvalue weighted by atomic mass is 9.89. The molecule has 14 heavy (non-hydrogen) atoms. The summed E-state index contributed by atoms with van der Waals surface area (Å²) in [6.07, 6.45) is 5.24. The summed E-state index contributed by atoms with van der Waals surface area (Å²) in [5.74, 6) is 0. The lowest BCUT2D eigenvalue weighted by Crippen LogP contribution is -2.51. The van der Waals surface area contributed by atoms with E-state index in [1.807, 2.05) is 0 Å². The predicted molar refractivity (Wildman–Crippen MR) is 60.6 cm³/mol. The molecule has 1 rings (SSSR count). The van der Waals surface area contributed by atoms with Crippen LogP contribution in [0.3, 0.4) is 0 Å². The van der Waals surface area contributed by atoms with Crippen molar-refractivity contribution < 1.29 is 4.74 Å². The van der Waals surface area contributed by atoms with Crippen LogP contribution >= 0.6 is 0 Å². The molecule has 1 aliphatic heterocycles. The number of unbranched alkanes of at least 4 members (excludes halogenated alkanes) is 1. The van der Waals surface area contributed by atoms with E-state index < -0.39 is 0 Å². The molecule has 2 nitrogen and oxygen atoms in total. The van der Waals surface area contributed by atoms with Crippen LogP contribution in [0.15, 0.2) is 0 Å². The van der Waals surface area contributed by atoms with Crippen molar-refractivity contribution in [3.63, 3.8) is 0 Å². The lowest BCUT2D eigenvalue weighted by Gasteiger charge is -2.43. The third kappa shape index (κ3) is 2.96. The molecule has 0 saturated carbocycles. The fraction of sp³-hybridized carbons (Fsp3) is 1.00. The largest absolute Gasteiger partial charge is 0.379 e. The second-order valence-electron chi connectivity index (χ2n) is 4.55. The van der Waals surface area contributed by atoms with Gasteiger partial charge < -0.3 is 4.74 Å². The van der Waals surface area contributed by atoms with Crippen molar-refractivity contribution in [3.05, 3.63) is 0 Å². The molecule has 1 fully saturated rings. The van der Waals surface area contributed by atoms with Crippen LogP contribution in [0.4, 0.5) is 0 Å². The van der Waals surface area contributed by atoms with E-state index in [9.17, 15) is 0 Å². The maximum atomic E-state index is 5.40. The molecule has 2 heteroatoms. The fourth-order valence-electron chi connectivity index (χ4n) is 2.22. The first-order valence-electron chi connectivity index (χ1n) is 6.05. The highest BCUT2D eigenvalue weighted by Crippen LogP contribution is 2.26. The first kappa shape index (κ1) is 12.0. The van der Waals surface area contributed by atoms with Crippen LogP contribution < -0.4 is 0 Å². The van der Waals surface area contributed by atoms with Crippen molar-refractivity contribution in [2.75, 3.05) is 26.3 Å². The molecule has 0 aromatic heterocycles. The summed E-state index contributed by atoms with van der Waals surface area (Å²) in [6.45, 7) is 11.1. The molecule has 0 amide bonds. The third-order valence-electron chi connectivity index (χ3n) is 3.61. The van der Waals surface area contributed by atoms with Gasteiger partial charge in [-0.2, -0.15) is 0 Å². The minimum Gasteiger partial charge on any atom is -0.379 e. The molecule has 0 aliphatic carbocycles. The number of ether oxygens (including phenoxy) is 1. The van der Waals surface area contributed by atoms with Crippen LogP contribution in [0, 0.1) is 0 Å². The average Bonchev–Trinajstić information content (AvgIpc) is 2.27. The highest BCUT2D eigenvalue weighted by molar-refractivity contribution is 4.85. The van der Waals surface area contributed by atoms with Gasteiger partial charge in [0.25, 0.3) is 0 Å². The minimum absolute atomic E-state index is 0.416. The summed E-state index contributed by atoms with van der Waals surface area (Å²) in [5.41, 5.74) is 0.416. The molecule has 1 unspecified atom stereocenters. The van der Waals surface area contributed by atoms with Crippen molar-refractivity contribution in [1.29, 1.82) is 0 Å². The zero-order valence-corrected chi connectivity index (χ0v) is 10.0. The monoisotopic (exact) mass is 199 g/mol. The third-order valence-corrected chi connectivity index (χ3v) is 3.61. The Morgan fingerprint density at radius 3 is 2.36 bits per heavy atom. The number of hydrogen-bond acceptors (Lipinski definition) is 2. The Kier molecular flexibility index (Phi) is 4.90. The van der Waals surface area contributed by atoms with Crippen LogP contribution in [0.1, 0.15) is 46.5 Å². The van der Waals surface area contributed by atoms with Crippen molar-refractivity contribution in [2.45, 2.75) is 52.0 Å². The summed E-state index contributed by atoms with van der Waals surface area (Å²) in [7, 11) is 0. The number of nitrogens with zero attached hydrogens (tertiary/aromatic N) is 1. The van der Waals surface area contributed by atoms with Gasteiger partial charge in [-0.25, -0.2) is 0 Å². The molecule has 1 aliphatic rings. The van der Waals surface area contributed by atoms with Gasteiger partial charge in [0.15, 0.2) is 0 Å². The summed E-state index contributed by atoms with van der Waals surface area (Å²) >= 11 is 0. The van der Waals surface area contributed by atoms with E-state index in [0.29, 0.717) is 5.54 Å². The van der Waals surface area contributed by atoms with Crippen LogP contribution in [-0.4, -0.2) is 36.7 Å². The first-order valence-corrected chi connectivity index (χ1v) is 6.05. The Labute approximate surface area is 88.6 Å². The molecule has 84 valence electrons. The van der Waals surface area contributed by atoms with Crippen LogP contribution in [0.5, 0.6) is 0 Å². The Hall–Kier alpha value is -0.0800. The number of hydrogen-bond donors (Lipinski definition) is 0. The maximum absolute atomic E-state index is 5.40. The van der Waals surface area contributed by atoms with Gasteiger partial charge in [0.05, 0.1) is 13.2 Å². The van der Waals surface area contributed by atoms with Gasteiger partial charge in [-0.15, -0.1) is 0 Å². The van der Waals surface area contributed by atoms with E-state index in [4.69, 9.17) is 4.74 Å². The summed E-state index contributed by atoms with van der Waals surface area (Å²) in [6, 6.07) is 0. The van der Waals surface area contributed by atoms with E-state index in [0.717, 1.165) is 26.3 Å². The standard InChI is InChI=1S/C12H25NO/c1-4-6-7-12(3,5-2)13-8-10-14-11-9-13/h4-11H2,1-3H3. The smallest absolute Gasteiger partial charge is 0.0594 e. The van der Waals surface area contributed by atoms with Crippen molar-refractivity contribution in [1.82, 2.24) is 4.90 Å². The molecular formula is C12H25NO. The molecule has 0 N–H and O–H groups in total. The van der Waals surface area contributed by atoms with Crippen LogP contribution in [0.25, 0.3) is 0 Å². The summed E-state index contributed by atoms with van der Waals surface area (Å²) < 4.78 is 5.40. The zero-order chi connectivity index (χ0) is 10.4. The Bertz CT molecular complexity index is 154. The summed E-state index contributed by atoms with van der Waals surface area (Å²) in [5, 5.41) is 0. The highest BCUT2D eigenvalue weighted by Gasteiger charge is 2.30. The summed E-state index contributed by atoms with van der Waals surface area (Å²) in [4.78, 5) is 2.62. The van der Waals surface area contributed by atoms with Crippen LogP contribution in [0.2, 0.25) is 0 Å². The molecule has 0 aromatic rings. The van der Waals surface area contributed by atoms with E-state index in [-0.39, 0.29) is 0 Å². The SMILES string of the molecule is CCCCC(C)(CC)N1CCOCC1. The van der Waals surface area contributed by atoms with Gasteiger partial charge in [-0.05, 0) is 19.8 Å². The molecule has 0 bridgehead atoms. The molecular weight excluding hydrogens is 174 g/mol. The maximum Gasteiger partial charge on any atom is 0.0594 e. The number of rotatable bonds is 5. The van der Waals surface area contributed by atoms with Gasteiger partial charge in [-0.3, -0.25) is 4.90 Å². The topological polar surface area (TPSA) is 12.5 Å². The molecule has 1 atom stereocenters. The van der Waals surface area contributed by atoms with Gasteiger partial charge in [0.1, 0.15) is 0 Å². The molecule has 0 aromatic carbocycles. The quantitative estimate of drug-likeness (QED) is 0.675. The molecule has 0 radical (unpaired) electrons. The van der Waals surface area contributed by atoms with E-state index in [1.54, 1.807) is 0 Å². The van der Waals surface area contributed by atoms with E-state index in [2.05, 4.69) is 25.7 Å². The second-order valence-corrected chi connectivity index (χ2v) is 4.55. The molecule has 0 spiro atoms. The predicted octanol–water partition coefficient (Wildman–Crippen LogP) is 2.68. The van der Waals surface area contributed by atoms with Crippen molar-refractivity contribution in [3.8, 4) is 0 Å². The first-order chi connectivity index (χ1) is 6.73. The number of morpholine rings is 1. The van der Waals surface area contributed by atoms with Crippen molar-refractivity contribution >= 4 is 0 Å². The van der Waals surface area contributed by atoms with Gasteiger partial charge in [-0.1, -0.05) is 26.7 Å². The van der Waals surface area contributed by atoms with Crippen LogP contribution in [-0.2, 0) is 4.74 Å². The normalized spacial score (nSPS) is 23.4. The van der Waals surface area contributed by atoms with Crippen molar-refractivity contribution in [2.24, 2.45) is 0 Å². The van der Waals surface area contributed by atoms with E-state index >= 15 is 0 Å². The highest BCUT2D eigenvalue weighted by atomic mass is 16.5. The Morgan fingerprint density at radius 2 is 1.86 bits per heavy atom. The van der Waals surface area contributed by atoms with Gasteiger partial charge >= 0.3 is 0 Å². The minimum atomic E-state index is 0.416. The van der Waals surface area contributed by atoms with Gasteiger partial charge in [0, 0.05) is 18.6 Å². The second kappa shape index (κ2) is 5.72. The van der Waals surface area contributed by atoms with E-state index in [1.165, 1.54) is 25.7 Å².